The van der Waals surface area contributed by atoms with E-state index < -0.39 is 11.9 Å². The number of ether oxygens (including phenoxy) is 1. The van der Waals surface area contributed by atoms with Crippen LogP contribution in [0.1, 0.15) is 38.2 Å². The Bertz CT molecular complexity index is 1230. The van der Waals surface area contributed by atoms with Crippen LogP contribution in [-0.2, 0) is 19.2 Å². The van der Waals surface area contributed by atoms with Crippen LogP contribution in [0.5, 0.6) is 5.75 Å². The Kier molecular flexibility index (Phi) is 6.13. The van der Waals surface area contributed by atoms with Gasteiger partial charge >= 0.3 is 5.97 Å². The third-order valence-corrected chi connectivity index (χ3v) is 7.81. The molecule has 0 spiro atoms. The van der Waals surface area contributed by atoms with Crippen molar-refractivity contribution in [2.45, 2.75) is 39.5 Å². The Labute approximate surface area is 209 Å². The van der Waals surface area contributed by atoms with Gasteiger partial charge in [0.05, 0.1) is 23.4 Å². The van der Waals surface area contributed by atoms with Crippen molar-refractivity contribution in [2.75, 3.05) is 16.3 Å². The van der Waals surface area contributed by atoms with Crippen molar-refractivity contribution in [2.24, 2.45) is 23.7 Å². The summed E-state index contributed by atoms with van der Waals surface area (Å²) in [6.45, 7) is 4.18. The first-order valence-electron chi connectivity index (χ1n) is 12.0. The minimum Gasteiger partial charge on any atom is -0.426 e. The topological polar surface area (TPSA) is 84.0 Å². The monoisotopic (exact) mass is 494 g/mol. The van der Waals surface area contributed by atoms with Crippen molar-refractivity contribution in [1.82, 2.24) is 0 Å². The predicted molar refractivity (Wildman–Crippen MR) is 131 cm³/mol. The zero-order valence-electron chi connectivity index (χ0n) is 19.7. The molecule has 0 unspecified atom stereocenters. The molecule has 35 heavy (non-hydrogen) atoms. The van der Waals surface area contributed by atoms with Crippen LogP contribution in [0.25, 0.3) is 0 Å². The Morgan fingerprint density at radius 1 is 1.00 bits per heavy atom. The molecule has 1 aliphatic carbocycles. The molecule has 3 fully saturated rings. The average molecular weight is 495 g/mol. The van der Waals surface area contributed by atoms with E-state index in [9.17, 15) is 19.2 Å². The molecule has 0 N–H and O–H groups in total. The Balaban J connectivity index is 1.29. The maximum atomic E-state index is 13.0. The lowest BCUT2D eigenvalue weighted by Gasteiger charge is -2.25. The second-order valence-electron chi connectivity index (χ2n) is 9.90. The second kappa shape index (κ2) is 9.11. The number of hydrogen-bond acceptors (Lipinski definition) is 5. The molecule has 3 aliphatic rings. The summed E-state index contributed by atoms with van der Waals surface area (Å²) < 4.78 is 5.59. The van der Waals surface area contributed by atoms with Gasteiger partial charge in [-0.3, -0.25) is 19.2 Å². The molecule has 0 aromatic heterocycles. The van der Waals surface area contributed by atoms with Crippen LogP contribution in [0.4, 0.5) is 11.4 Å². The number of fused-ring (bicyclic) bond motifs is 1. The van der Waals surface area contributed by atoms with E-state index >= 15 is 0 Å². The first-order chi connectivity index (χ1) is 16.7. The highest BCUT2D eigenvalue weighted by Crippen LogP contribution is 2.42. The number of aryl methyl sites for hydroxylation is 1. The molecule has 8 heteroatoms. The minimum absolute atomic E-state index is 0.0364. The number of nitrogens with zero attached hydrogens (tertiary/aromatic N) is 2. The number of halogens is 1. The molecular formula is C27H27ClN2O5. The minimum atomic E-state index is -0.634. The number of esters is 1. The van der Waals surface area contributed by atoms with Gasteiger partial charge in [-0.25, -0.2) is 4.90 Å². The lowest BCUT2D eigenvalue weighted by molar-refractivity contribution is -0.139. The molecule has 3 amide bonds. The van der Waals surface area contributed by atoms with Gasteiger partial charge in [0.1, 0.15) is 5.75 Å². The van der Waals surface area contributed by atoms with Crippen LogP contribution >= 0.6 is 11.6 Å². The van der Waals surface area contributed by atoms with Crippen molar-refractivity contribution in [3.63, 3.8) is 0 Å². The van der Waals surface area contributed by atoms with E-state index in [1.54, 1.807) is 36.4 Å². The second-order valence-corrected chi connectivity index (χ2v) is 10.3. The maximum Gasteiger partial charge on any atom is 0.316 e. The summed E-state index contributed by atoms with van der Waals surface area (Å²) in [6, 6.07) is 11.8. The summed E-state index contributed by atoms with van der Waals surface area (Å²) in [7, 11) is 0. The normalized spacial score (nSPS) is 26.3. The molecule has 0 radical (unpaired) electrons. The Hall–Kier alpha value is -3.19. The molecule has 2 saturated heterocycles. The SMILES string of the molecule is Cc1ccc(N2C[C@H](C(=O)Oc3cccc(N4C(=O)[C@H]5C[C@H](C)CC[C@H]5C4=O)c3)CC2=O)cc1Cl. The van der Waals surface area contributed by atoms with Crippen molar-refractivity contribution in [3.8, 4) is 5.75 Å². The fraction of sp³-hybridized carbons (Fsp3) is 0.407. The molecule has 1 saturated carbocycles. The summed E-state index contributed by atoms with van der Waals surface area (Å²) >= 11 is 6.20. The number of carbonyl (C=O) groups is 4. The van der Waals surface area contributed by atoms with Gasteiger partial charge in [-0.1, -0.05) is 30.7 Å². The highest BCUT2D eigenvalue weighted by molar-refractivity contribution is 6.31. The lowest BCUT2D eigenvalue weighted by Crippen LogP contribution is -2.31. The van der Waals surface area contributed by atoms with E-state index in [0.717, 1.165) is 24.8 Å². The van der Waals surface area contributed by atoms with Crippen LogP contribution in [-0.4, -0.2) is 30.2 Å². The fourth-order valence-electron chi connectivity index (χ4n) is 5.39. The quantitative estimate of drug-likeness (QED) is 0.354. The molecule has 0 bridgehead atoms. The molecule has 2 aliphatic heterocycles. The fourth-order valence-corrected chi connectivity index (χ4v) is 5.57. The van der Waals surface area contributed by atoms with Crippen LogP contribution in [0.15, 0.2) is 42.5 Å². The molecule has 182 valence electrons. The zero-order chi connectivity index (χ0) is 24.9. The number of benzene rings is 2. The van der Waals surface area contributed by atoms with Gasteiger partial charge in [0.15, 0.2) is 0 Å². The van der Waals surface area contributed by atoms with Gasteiger partial charge in [-0.05, 0) is 61.9 Å². The van der Waals surface area contributed by atoms with E-state index in [0.29, 0.717) is 22.3 Å². The van der Waals surface area contributed by atoms with Crippen LogP contribution in [0.3, 0.4) is 0 Å². The third kappa shape index (κ3) is 4.33. The van der Waals surface area contributed by atoms with E-state index in [-0.39, 0.29) is 48.3 Å². The molecule has 2 aromatic carbocycles. The molecular weight excluding hydrogens is 468 g/mol. The molecule has 4 atom stereocenters. The van der Waals surface area contributed by atoms with Gasteiger partial charge in [0, 0.05) is 29.7 Å². The van der Waals surface area contributed by atoms with E-state index in [4.69, 9.17) is 16.3 Å². The van der Waals surface area contributed by atoms with E-state index in [1.807, 2.05) is 13.0 Å². The molecule has 7 nitrogen and oxygen atoms in total. The van der Waals surface area contributed by atoms with Gasteiger partial charge < -0.3 is 9.64 Å². The molecule has 2 heterocycles. The van der Waals surface area contributed by atoms with Gasteiger partial charge in [0.25, 0.3) is 0 Å². The Morgan fingerprint density at radius 2 is 1.77 bits per heavy atom. The van der Waals surface area contributed by atoms with Gasteiger partial charge in [-0.2, -0.15) is 0 Å². The van der Waals surface area contributed by atoms with Crippen LogP contribution in [0.2, 0.25) is 5.02 Å². The highest BCUT2D eigenvalue weighted by atomic mass is 35.5. The smallest absolute Gasteiger partial charge is 0.316 e. The van der Waals surface area contributed by atoms with Crippen molar-refractivity contribution < 1.29 is 23.9 Å². The number of hydrogen-bond donors (Lipinski definition) is 0. The van der Waals surface area contributed by atoms with Crippen molar-refractivity contribution >= 4 is 46.7 Å². The van der Waals surface area contributed by atoms with Crippen molar-refractivity contribution in [3.05, 3.63) is 53.1 Å². The largest absolute Gasteiger partial charge is 0.426 e. The summed E-state index contributed by atoms with van der Waals surface area (Å²) in [4.78, 5) is 54.3. The van der Waals surface area contributed by atoms with Crippen LogP contribution < -0.4 is 14.5 Å². The van der Waals surface area contributed by atoms with Gasteiger partial charge in [-0.15, -0.1) is 0 Å². The predicted octanol–water partition coefficient (Wildman–Crippen LogP) is 4.53. The lowest BCUT2D eigenvalue weighted by atomic mass is 9.76. The summed E-state index contributed by atoms with van der Waals surface area (Å²) in [5.74, 6) is -1.58. The summed E-state index contributed by atoms with van der Waals surface area (Å²) in [5.41, 5.74) is 1.96. The standard InChI is InChI=1S/C27H27ClN2O5/c1-15-6-9-21-22(10-15)26(33)30(25(21)32)19-4-3-5-20(12-19)35-27(34)17-11-24(31)29(14-17)18-8-7-16(2)23(28)13-18/h3-5,7-8,12-13,15,17,21-22H,6,9-11,14H2,1-2H3/t15-,17-,21-,22+/m1/s1. The third-order valence-electron chi connectivity index (χ3n) is 7.41. The van der Waals surface area contributed by atoms with Gasteiger partial charge in [0.2, 0.25) is 17.7 Å². The van der Waals surface area contributed by atoms with E-state index in [2.05, 4.69) is 6.92 Å². The maximum absolute atomic E-state index is 13.0. The summed E-state index contributed by atoms with van der Waals surface area (Å²) in [6.07, 6.45) is 2.42. The first kappa shape index (κ1) is 23.5. The molecule has 5 rings (SSSR count). The highest BCUT2D eigenvalue weighted by Gasteiger charge is 2.50. The first-order valence-corrected chi connectivity index (χ1v) is 12.4. The van der Waals surface area contributed by atoms with Crippen molar-refractivity contribution in [1.29, 1.82) is 0 Å². The number of imide groups is 1. The summed E-state index contributed by atoms with van der Waals surface area (Å²) in [5, 5.41) is 0.554. The number of anilines is 2. The number of amides is 3. The average Bonchev–Trinajstić information content (AvgIpc) is 3.33. The number of carbonyl (C=O) groups excluding carboxylic acids is 4. The van der Waals surface area contributed by atoms with E-state index in [1.165, 1.54) is 9.80 Å². The molecule has 2 aromatic rings. The zero-order valence-corrected chi connectivity index (χ0v) is 20.5. The number of rotatable bonds is 4. The van der Waals surface area contributed by atoms with Crippen LogP contribution in [0, 0.1) is 30.6 Å². The Morgan fingerprint density at radius 3 is 2.54 bits per heavy atom.